The highest BCUT2D eigenvalue weighted by Gasteiger charge is 2.47. The molecule has 1 unspecified atom stereocenters. The van der Waals surface area contributed by atoms with Gasteiger partial charge in [-0.15, -0.1) is 0 Å². The van der Waals surface area contributed by atoms with Gasteiger partial charge in [-0.3, -0.25) is 0 Å². The summed E-state index contributed by atoms with van der Waals surface area (Å²) < 4.78 is 5.33. The summed E-state index contributed by atoms with van der Waals surface area (Å²) in [6, 6.07) is 17.9. The van der Waals surface area contributed by atoms with Crippen molar-refractivity contribution in [1.29, 1.82) is 0 Å². The molecule has 0 aliphatic carbocycles. The van der Waals surface area contributed by atoms with Gasteiger partial charge in [0.1, 0.15) is 5.65 Å². The van der Waals surface area contributed by atoms with Crippen LogP contribution in [0.4, 0.5) is 5.69 Å². The van der Waals surface area contributed by atoms with Gasteiger partial charge in [0.05, 0.1) is 7.11 Å². The second-order valence-corrected chi connectivity index (χ2v) is 7.06. The summed E-state index contributed by atoms with van der Waals surface area (Å²) in [5, 5.41) is 4.45. The molecule has 0 saturated carbocycles. The summed E-state index contributed by atoms with van der Waals surface area (Å²) in [5.41, 5.74) is 5.22. The number of aromatic amines is 1. The number of para-hydroxylation sites is 1. The fraction of sp³-hybridized carbons (Fsp3) is 0.130. The van der Waals surface area contributed by atoms with Crippen molar-refractivity contribution in [3.8, 4) is 11.1 Å². The third-order valence-corrected chi connectivity index (χ3v) is 5.49. The summed E-state index contributed by atoms with van der Waals surface area (Å²) >= 11 is 0. The van der Waals surface area contributed by atoms with Gasteiger partial charge in [0.2, 0.25) is 0 Å². The minimum atomic E-state index is -1.19. The maximum atomic E-state index is 13.4. The van der Waals surface area contributed by atoms with Crippen LogP contribution in [0.3, 0.4) is 0 Å². The first-order valence-electron chi connectivity index (χ1n) is 9.15. The Kier molecular flexibility index (Phi) is 3.52. The first-order valence-corrected chi connectivity index (χ1v) is 9.15. The van der Waals surface area contributed by atoms with Crippen molar-refractivity contribution >= 4 is 22.7 Å². The first-order chi connectivity index (χ1) is 13.6. The highest BCUT2D eigenvalue weighted by atomic mass is 16.5. The molecule has 2 aromatic heterocycles. The Balaban J connectivity index is 1.95. The zero-order valence-corrected chi connectivity index (χ0v) is 15.6. The van der Waals surface area contributed by atoms with Gasteiger partial charge in [-0.25, -0.2) is 9.78 Å². The van der Waals surface area contributed by atoms with E-state index in [9.17, 15) is 4.79 Å². The summed E-state index contributed by atoms with van der Waals surface area (Å²) in [5.74, 6) is -0.372. The third-order valence-electron chi connectivity index (χ3n) is 5.49. The summed E-state index contributed by atoms with van der Waals surface area (Å²) in [4.78, 5) is 21.1. The molecular formula is C23H19N3O2. The Hall–Kier alpha value is -3.60. The van der Waals surface area contributed by atoms with Crippen molar-refractivity contribution in [1.82, 2.24) is 9.97 Å². The molecule has 5 nitrogen and oxygen atoms in total. The van der Waals surface area contributed by atoms with E-state index in [1.54, 1.807) is 6.20 Å². The molecule has 138 valence electrons. The van der Waals surface area contributed by atoms with E-state index in [2.05, 4.69) is 21.4 Å². The van der Waals surface area contributed by atoms with Gasteiger partial charge >= 0.3 is 5.97 Å². The van der Waals surface area contributed by atoms with Gasteiger partial charge in [-0.1, -0.05) is 48.0 Å². The smallest absolute Gasteiger partial charge is 0.341 e. The van der Waals surface area contributed by atoms with Crippen molar-refractivity contribution in [2.24, 2.45) is 0 Å². The molecular weight excluding hydrogens is 350 g/mol. The van der Waals surface area contributed by atoms with Gasteiger partial charge in [0, 0.05) is 34.6 Å². The molecule has 4 aromatic rings. The maximum Gasteiger partial charge on any atom is 0.341 e. The molecule has 0 spiro atoms. The van der Waals surface area contributed by atoms with Crippen LogP contribution in [0.1, 0.15) is 16.7 Å². The molecule has 0 saturated heterocycles. The number of aryl methyl sites for hydroxylation is 1. The average Bonchev–Trinajstić information content (AvgIpc) is 3.12. The minimum Gasteiger partial charge on any atom is -0.467 e. The quantitative estimate of drug-likeness (QED) is 0.515. The highest BCUT2D eigenvalue weighted by Crippen LogP contribution is 2.47. The number of nitrogens with one attached hydrogen (secondary N) is 2. The van der Waals surface area contributed by atoms with Crippen LogP contribution >= 0.6 is 0 Å². The predicted octanol–water partition coefficient (Wildman–Crippen LogP) is 4.38. The Morgan fingerprint density at radius 1 is 1.04 bits per heavy atom. The average molecular weight is 369 g/mol. The van der Waals surface area contributed by atoms with E-state index in [1.165, 1.54) is 7.11 Å². The molecule has 2 N–H and O–H groups in total. The number of hydrogen-bond acceptors (Lipinski definition) is 4. The fourth-order valence-corrected chi connectivity index (χ4v) is 4.14. The number of ether oxygens (including phenoxy) is 1. The lowest BCUT2D eigenvalue weighted by Crippen LogP contribution is -2.45. The Morgan fingerprint density at radius 3 is 2.61 bits per heavy atom. The van der Waals surface area contributed by atoms with Crippen LogP contribution in [-0.2, 0) is 15.1 Å². The Labute approximate surface area is 162 Å². The summed E-state index contributed by atoms with van der Waals surface area (Å²) in [6.07, 6.45) is 3.64. The van der Waals surface area contributed by atoms with Crippen molar-refractivity contribution < 1.29 is 9.53 Å². The largest absolute Gasteiger partial charge is 0.467 e. The molecule has 1 aliphatic heterocycles. The number of rotatable bonds is 2. The molecule has 1 aliphatic rings. The van der Waals surface area contributed by atoms with E-state index in [-0.39, 0.29) is 5.97 Å². The molecule has 5 rings (SSSR count). The lowest BCUT2D eigenvalue weighted by Gasteiger charge is -2.33. The van der Waals surface area contributed by atoms with Crippen LogP contribution in [0.15, 0.2) is 67.0 Å². The molecule has 3 heterocycles. The highest BCUT2D eigenvalue weighted by molar-refractivity contribution is 6.07. The Morgan fingerprint density at radius 2 is 1.82 bits per heavy atom. The van der Waals surface area contributed by atoms with Crippen LogP contribution < -0.4 is 5.32 Å². The topological polar surface area (TPSA) is 67.0 Å². The number of H-pyrrole nitrogens is 1. The van der Waals surface area contributed by atoms with Crippen molar-refractivity contribution in [2.45, 2.75) is 12.5 Å². The predicted molar refractivity (Wildman–Crippen MR) is 109 cm³/mol. The lowest BCUT2D eigenvalue weighted by molar-refractivity contribution is -0.144. The lowest BCUT2D eigenvalue weighted by atomic mass is 9.82. The second kappa shape index (κ2) is 5.96. The number of pyridine rings is 1. The number of carbonyl (C=O) groups is 1. The van der Waals surface area contributed by atoms with E-state index in [1.807, 2.05) is 61.7 Å². The SMILES string of the molecule is COC(=O)C1(c2ccc(C)cc2)Nc2ccccc2-c2ccnc3[nH]cc1c23. The number of carbonyl (C=O) groups excluding carboxylic acids is 1. The van der Waals surface area contributed by atoms with Gasteiger partial charge in [-0.05, 0) is 30.2 Å². The van der Waals surface area contributed by atoms with Gasteiger partial charge in [-0.2, -0.15) is 0 Å². The second-order valence-electron chi connectivity index (χ2n) is 7.06. The zero-order chi connectivity index (χ0) is 19.3. The molecule has 5 heteroatoms. The number of aromatic nitrogens is 2. The zero-order valence-electron chi connectivity index (χ0n) is 15.6. The van der Waals surface area contributed by atoms with Gasteiger partial charge < -0.3 is 15.0 Å². The Bertz CT molecular complexity index is 1210. The molecule has 0 amide bonds. The molecule has 28 heavy (non-hydrogen) atoms. The fourth-order valence-electron chi connectivity index (χ4n) is 4.14. The first kappa shape index (κ1) is 16.6. The molecule has 0 radical (unpaired) electrons. The van der Waals surface area contributed by atoms with Gasteiger partial charge in [0.25, 0.3) is 0 Å². The van der Waals surface area contributed by atoms with Gasteiger partial charge in [0.15, 0.2) is 5.54 Å². The van der Waals surface area contributed by atoms with Crippen molar-refractivity contribution in [3.63, 3.8) is 0 Å². The number of anilines is 1. The van der Waals surface area contributed by atoms with E-state index in [0.29, 0.717) is 0 Å². The van der Waals surface area contributed by atoms with Crippen LogP contribution in [0.25, 0.3) is 22.2 Å². The molecule has 2 aromatic carbocycles. The number of fused-ring (bicyclic) bond motifs is 2. The van der Waals surface area contributed by atoms with Crippen LogP contribution in [-0.4, -0.2) is 23.0 Å². The summed E-state index contributed by atoms with van der Waals surface area (Å²) in [6.45, 7) is 2.03. The standard InChI is InChI=1S/C23H19N3O2/c1-14-7-9-15(10-8-14)23(22(27)28-2)18-13-25-21-20(18)17(11-12-24-21)16-5-3-4-6-19(16)26-23/h3-13,26H,1-2H3,(H,24,25). The van der Waals surface area contributed by atoms with Crippen LogP contribution in [0, 0.1) is 6.92 Å². The van der Waals surface area contributed by atoms with Crippen LogP contribution in [0.2, 0.25) is 0 Å². The molecule has 1 atom stereocenters. The number of benzene rings is 2. The van der Waals surface area contributed by atoms with E-state index in [4.69, 9.17) is 4.74 Å². The minimum absolute atomic E-state index is 0.372. The van der Waals surface area contributed by atoms with Crippen LogP contribution in [0.5, 0.6) is 0 Å². The number of hydrogen-bond donors (Lipinski definition) is 2. The monoisotopic (exact) mass is 369 g/mol. The number of esters is 1. The summed E-state index contributed by atoms with van der Waals surface area (Å²) in [7, 11) is 1.42. The maximum absolute atomic E-state index is 13.4. The van der Waals surface area contributed by atoms with E-state index >= 15 is 0 Å². The van der Waals surface area contributed by atoms with Crippen molar-refractivity contribution in [3.05, 3.63) is 83.7 Å². The van der Waals surface area contributed by atoms with Crippen molar-refractivity contribution in [2.75, 3.05) is 12.4 Å². The van der Waals surface area contributed by atoms with E-state index < -0.39 is 5.54 Å². The normalized spacial score (nSPS) is 17.5. The number of nitrogens with zero attached hydrogens (tertiary/aromatic N) is 1. The third kappa shape index (κ3) is 2.13. The molecule has 0 bridgehead atoms. The van der Waals surface area contributed by atoms with E-state index in [0.717, 1.165) is 44.5 Å². The number of methoxy groups -OCH3 is 1. The molecule has 0 fully saturated rings.